The van der Waals surface area contributed by atoms with Gasteiger partial charge in [0, 0.05) is 42.8 Å². The van der Waals surface area contributed by atoms with Gasteiger partial charge >= 0.3 is 160 Å². The summed E-state index contributed by atoms with van der Waals surface area (Å²) in [5.41, 5.74) is 11.6. The SMILES string of the molecule is [CH3][Ge]([CH3])([CH3])[c]1cnc(-c2[c-]ccc3ccccc23)cc1CC1CCCC1.[Ir].[c-]1nc2c(cc1-c1cc(CC3CCCCC3)ccn1)oc1c(-c3ccccc3)cccc12. The van der Waals surface area contributed by atoms with Crippen LogP contribution in [0.4, 0.5) is 0 Å². The normalized spacial score (nSPS) is 15.0. The Morgan fingerprint density at radius 3 is 2.22 bits per heavy atom. The second-order valence-electron chi connectivity index (χ2n) is 17.7. The van der Waals surface area contributed by atoms with E-state index in [9.17, 15) is 0 Å². The number of nitrogens with zero attached hydrogens (tertiary/aromatic N) is 3. The van der Waals surface area contributed by atoms with Crippen LogP contribution in [0.2, 0.25) is 17.3 Å². The number of hydrogen-bond acceptors (Lipinski definition) is 4. The summed E-state index contributed by atoms with van der Waals surface area (Å²) in [7, 11) is 0. The minimum atomic E-state index is -1.93. The minimum absolute atomic E-state index is 0. The Balaban J connectivity index is 0.000000165. The summed E-state index contributed by atoms with van der Waals surface area (Å²) in [5, 5.41) is 3.53. The summed E-state index contributed by atoms with van der Waals surface area (Å²) >= 11 is -1.93. The van der Waals surface area contributed by atoms with E-state index < -0.39 is 13.3 Å². The van der Waals surface area contributed by atoms with Gasteiger partial charge in [0.1, 0.15) is 5.58 Å². The zero-order valence-corrected chi connectivity index (χ0v) is 39.1. The Hall–Kier alpha value is -4.42. The first kappa shape index (κ1) is 41.3. The van der Waals surface area contributed by atoms with Crippen molar-refractivity contribution in [2.75, 3.05) is 0 Å². The smallest absolute Gasteiger partial charge is 0.133 e. The zero-order chi connectivity index (χ0) is 39.5. The molecule has 10 rings (SSSR count). The zero-order valence-electron chi connectivity index (χ0n) is 34.6. The molecular formula is C53H53GeIrN3O-2. The molecule has 0 spiro atoms. The number of furan rings is 1. The van der Waals surface area contributed by atoms with E-state index in [4.69, 9.17) is 9.40 Å². The average Bonchev–Trinajstić information content (AvgIpc) is 3.92. The number of aromatic nitrogens is 3. The van der Waals surface area contributed by atoms with Gasteiger partial charge in [-0.3, -0.25) is 0 Å². The van der Waals surface area contributed by atoms with E-state index in [-0.39, 0.29) is 20.1 Å². The van der Waals surface area contributed by atoms with Crippen molar-refractivity contribution in [3.63, 3.8) is 0 Å². The second-order valence-corrected chi connectivity index (χ2v) is 28.2. The Labute approximate surface area is 366 Å². The number of hydrogen-bond donors (Lipinski definition) is 0. The van der Waals surface area contributed by atoms with Gasteiger partial charge in [-0.2, -0.15) is 0 Å². The fourth-order valence-corrected chi connectivity index (χ4v) is 12.8. The number of para-hydroxylation sites is 1. The fourth-order valence-electron chi connectivity index (χ4n) is 9.44. The van der Waals surface area contributed by atoms with Gasteiger partial charge in [0.05, 0.1) is 5.58 Å². The van der Waals surface area contributed by atoms with E-state index in [1.807, 2.05) is 36.5 Å². The molecule has 301 valence electrons. The Bertz CT molecular complexity index is 2670. The maximum atomic E-state index is 6.34. The van der Waals surface area contributed by atoms with Crippen LogP contribution in [-0.2, 0) is 32.9 Å². The molecular weight excluding hydrogens is 959 g/mol. The van der Waals surface area contributed by atoms with Gasteiger partial charge < -0.3 is 14.4 Å². The fraction of sp³-hybridized carbons (Fsp3) is 0.302. The van der Waals surface area contributed by atoms with E-state index in [0.29, 0.717) is 0 Å². The van der Waals surface area contributed by atoms with Crippen molar-refractivity contribution in [3.8, 4) is 33.6 Å². The minimum Gasteiger partial charge on any atom is -0.474 e. The molecule has 0 bridgehead atoms. The summed E-state index contributed by atoms with van der Waals surface area (Å²) < 4.78 is 7.93. The van der Waals surface area contributed by atoms with Crippen LogP contribution in [0.3, 0.4) is 0 Å². The third-order valence-electron chi connectivity index (χ3n) is 12.5. The van der Waals surface area contributed by atoms with Crippen molar-refractivity contribution in [1.82, 2.24) is 15.0 Å². The Kier molecular flexibility index (Phi) is 12.9. The number of fused-ring (bicyclic) bond motifs is 4. The molecule has 0 amide bonds. The molecule has 0 saturated heterocycles. The van der Waals surface area contributed by atoms with E-state index in [1.165, 1.54) is 80.5 Å². The van der Waals surface area contributed by atoms with Gasteiger partial charge in [-0.15, -0.1) is 5.56 Å². The molecule has 4 aromatic carbocycles. The molecule has 1 radical (unpaired) electrons. The van der Waals surface area contributed by atoms with Gasteiger partial charge in [0.25, 0.3) is 0 Å². The van der Waals surface area contributed by atoms with E-state index >= 15 is 0 Å². The summed E-state index contributed by atoms with van der Waals surface area (Å²) in [4.78, 5) is 14.2. The van der Waals surface area contributed by atoms with Crippen LogP contribution >= 0.6 is 0 Å². The predicted molar refractivity (Wildman–Crippen MR) is 244 cm³/mol. The molecule has 59 heavy (non-hydrogen) atoms. The van der Waals surface area contributed by atoms with Gasteiger partial charge in [-0.05, 0) is 35.9 Å². The number of benzene rings is 4. The van der Waals surface area contributed by atoms with E-state index in [2.05, 4.69) is 125 Å². The molecule has 2 saturated carbocycles. The van der Waals surface area contributed by atoms with Gasteiger partial charge in [0.2, 0.25) is 0 Å². The Morgan fingerprint density at radius 2 is 1.42 bits per heavy atom. The summed E-state index contributed by atoms with van der Waals surface area (Å²) in [6.45, 7) is 0. The number of pyridine rings is 3. The third kappa shape index (κ3) is 9.33. The van der Waals surface area contributed by atoms with Crippen LogP contribution in [0.5, 0.6) is 0 Å². The molecule has 0 aliphatic heterocycles. The number of rotatable bonds is 8. The maximum Gasteiger partial charge on any atom is 0.133 e. The van der Waals surface area contributed by atoms with Crippen molar-refractivity contribution in [2.24, 2.45) is 11.8 Å². The van der Waals surface area contributed by atoms with Crippen molar-refractivity contribution >= 4 is 50.5 Å². The third-order valence-corrected chi connectivity index (χ3v) is 16.8. The second kappa shape index (κ2) is 18.5. The summed E-state index contributed by atoms with van der Waals surface area (Å²) in [6, 6.07) is 41.5. The molecule has 2 aliphatic carbocycles. The topological polar surface area (TPSA) is 51.8 Å². The molecule has 4 heterocycles. The molecule has 2 aliphatic rings. The summed E-state index contributed by atoms with van der Waals surface area (Å²) in [6.07, 6.45) is 22.1. The summed E-state index contributed by atoms with van der Waals surface area (Å²) in [5.74, 6) is 9.12. The van der Waals surface area contributed by atoms with Crippen LogP contribution in [0, 0.1) is 24.1 Å². The molecule has 0 atom stereocenters. The van der Waals surface area contributed by atoms with E-state index in [0.717, 1.165) is 74.0 Å². The van der Waals surface area contributed by atoms with E-state index in [1.54, 1.807) is 9.96 Å². The van der Waals surface area contributed by atoms with Crippen LogP contribution in [0.1, 0.15) is 68.9 Å². The average molecular weight is 1010 g/mol. The molecule has 8 aromatic rings. The van der Waals surface area contributed by atoms with Crippen molar-refractivity contribution in [1.29, 1.82) is 0 Å². The predicted octanol–water partition coefficient (Wildman–Crippen LogP) is 13.6. The molecule has 0 N–H and O–H groups in total. The molecule has 0 unspecified atom stereocenters. The first-order valence-corrected chi connectivity index (χ1v) is 28.9. The van der Waals surface area contributed by atoms with Gasteiger partial charge in [-0.1, -0.05) is 98.3 Å². The van der Waals surface area contributed by atoms with Crippen LogP contribution in [0.25, 0.3) is 66.5 Å². The molecule has 6 heteroatoms. The van der Waals surface area contributed by atoms with Crippen molar-refractivity contribution in [2.45, 2.75) is 87.9 Å². The monoisotopic (exact) mass is 1010 g/mol. The maximum absolute atomic E-state index is 6.34. The van der Waals surface area contributed by atoms with Crippen molar-refractivity contribution in [3.05, 3.63) is 145 Å². The van der Waals surface area contributed by atoms with Gasteiger partial charge in [0.15, 0.2) is 0 Å². The largest absolute Gasteiger partial charge is 0.474 e. The van der Waals surface area contributed by atoms with Crippen LogP contribution < -0.4 is 4.40 Å². The first-order valence-electron chi connectivity index (χ1n) is 21.5. The quantitative estimate of drug-likeness (QED) is 0.112. The first-order chi connectivity index (χ1) is 28.4. The van der Waals surface area contributed by atoms with Crippen molar-refractivity contribution < 1.29 is 24.5 Å². The Morgan fingerprint density at radius 1 is 0.695 bits per heavy atom. The van der Waals surface area contributed by atoms with Crippen LogP contribution in [-0.4, -0.2) is 28.2 Å². The standard InChI is InChI=1S/C29H25N2O.C24H28GeN.Ir/c1-3-8-20(9-4-1)16-21-14-15-30-26(17-21)23-18-27-28(31-19-23)25-13-7-12-24(29(25)32-27)22-10-5-2-6-11-22;1-25(2,3)23-17-26-24(16-20(23)15-18-9-4-5-10-18)22-14-8-12-19-11-6-7-13-21(19)22;/h2,5-7,10-15,17-18,20H,1,3-4,8-9,16H2;6-8,11-13,16-18H,4-5,9-10,15H2,1-3H3;/q2*-1;. The molecule has 4 aromatic heterocycles. The van der Waals surface area contributed by atoms with Crippen LogP contribution in [0.15, 0.2) is 126 Å². The molecule has 4 nitrogen and oxygen atoms in total. The molecule has 2 fully saturated rings. The van der Waals surface area contributed by atoms with Gasteiger partial charge in [-0.25, -0.2) is 0 Å².